The van der Waals surface area contributed by atoms with Crippen LogP contribution >= 0.6 is 0 Å². The van der Waals surface area contributed by atoms with Crippen molar-refractivity contribution in [3.05, 3.63) is 23.6 Å². The maximum absolute atomic E-state index is 11.4. The van der Waals surface area contributed by atoms with Crippen LogP contribution in [-0.4, -0.2) is 24.5 Å². The van der Waals surface area contributed by atoms with E-state index in [4.69, 9.17) is 4.74 Å². The highest BCUT2D eigenvalue weighted by molar-refractivity contribution is 5.93. The molecule has 0 spiro atoms. The monoisotopic (exact) mass is 264 g/mol. The van der Waals surface area contributed by atoms with Gasteiger partial charge in [0.15, 0.2) is 12.0 Å². The summed E-state index contributed by atoms with van der Waals surface area (Å²) in [6.07, 6.45) is 6.72. The van der Waals surface area contributed by atoms with Crippen molar-refractivity contribution >= 4 is 11.7 Å². The SMILES string of the molecule is CCCCC(=O)NCCC1NC2=C(CC(=O)C=C2)O1. The fourth-order valence-electron chi connectivity index (χ4n) is 2.09. The number of nitrogens with one attached hydrogen (secondary N) is 2. The van der Waals surface area contributed by atoms with Gasteiger partial charge in [0.25, 0.3) is 0 Å². The molecule has 0 saturated carbocycles. The number of carbonyl (C=O) groups excluding carboxylic acids is 2. The average Bonchev–Trinajstić information content (AvgIpc) is 2.78. The Labute approximate surface area is 113 Å². The minimum Gasteiger partial charge on any atom is -0.472 e. The van der Waals surface area contributed by atoms with Gasteiger partial charge in [-0.1, -0.05) is 13.3 Å². The molecule has 1 aliphatic heterocycles. The van der Waals surface area contributed by atoms with Gasteiger partial charge in [-0.05, 0) is 18.6 Å². The highest BCUT2D eigenvalue weighted by Gasteiger charge is 2.26. The number of rotatable bonds is 6. The second-order valence-corrected chi connectivity index (χ2v) is 4.81. The minimum absolute atomic E-state index is 0.0640. The summed E-state index contributed by atoms with van der Waals surface area (Å²) in [5.74, 6) is 0.872. The van der Waals surface area contributed by atoms with Crippen LogP contribution in [0.5, 0.6) is 0 Å². The largest absolute Gasteiger partial charge is 0.472 e. The second-order valence-electron chi connectivity index (χ2n) is 4.81. The molecular weight excluding hydrogens is 244 g/mol. The Kier molecular flexibility index (Phi) is 4.60. The molecule has 0 aromatic rings. The molecule has 104 valence electrons. The molecule has 0 fully saturated rings. The number of hydrogen-bond acceptors (Lipinski definition) is 4. The Morgan fingerprint density at radius 2 is 2.37 bits per heavy atom. The van der Waals surface area contributed by atoms with E-state index < -0.39 is 0 Å². The topological polar surface area (TPSA) is 67.4 Å². The lowest BCUT2D eigenvalue weighted by Gasteiger charge is -2.13. The van der Waals surface area contributed by atoms with E-state index in [0.29, 0.717) is 25.8 Å². The highest BCUT2D eigenvalue weighted by atomic mass is 16.5. The molecule has 2 N–H and O–H groups in total. The Hall–Kier alpha value is -1.78. The molecule has 5 heteroatoms. The van der Waals surface area contributed by atoms with E-state index in [0.717, 1.165) is 24.3 Å². The van der Waals surface area contributed by atoms with Crippen molar-refractivity contribution in [2.45, 2.75) is 45.3 Å². The van der Waals surface area contributed by atoms with E-state index in [9.17, 15) is 9.59 Å². The molecule has 0 aromatic heterocycles. The van der Waals surface area contributed by atoms with Crippen LogP contribution in [0, 0.1) is 0 Å². The van der Waals surface area contributed by atoms with Gasteiger partial charge in [0.2, 0.25) is 5.91 Å². The highest BCUT2D eigenvalue weighted by Crippen LogP contribution is 2.24. The molecule has 2 aliphatic rings. The third kappa shape index (κ3) is 3.84. The maximum atomic E-state index is 11.4. The third-order valence-corrected chi connectivity index (χ3v) is 3.16. The summed E-state index contributed by atoms with van der Waals surface area (Å²) < 4.78 is 5.64. The van der Waals surface area contributed by atoms with Crippen LogP contribution in [0.2, 0.25) is 0 Å². The standard InChI is InChI=1S/C14H20N2O3/c1-2-3-4-13(18)15-8-7-14-16-11-6-5-10(17)9-12(11)19-14/h5-6,14,16H,2-4,7-9H2,1H3,(H,15,18). The van der Waals surface area contributed by atoms with Crippen LogP contribution in [0.15, 0.2) is 23.6 Å². The summed E-state index contributed by atoms with van der Waals surface area (Å²) in [5.41, 5.74) is 0.891. The van der Waals surface area contributed by atoms with Crippen LogP contribution < -0.4 is 10.6 Å². The van der Waals surface area contributed by atoms with Gasteiger partial charge in [-0.25, -0.2) is 0 Å². The summed E-state index contributed by atoms with van der Waals surface area (Å²) in [5, 5.41) is 6.07. The van der Waals surface area contributed by atoms with Gasteiger partial charge in [0.1, 0.15) is 5.76 Å². The molecule has 19 heavy (non-hydrogen) atoms. The number of unbranched alkanes of at least 4 members (excludes halogenated alkanes) is 1. The van der Waals surface area contributed by atoms with Gasteiger partial charge < -0.3 is 15.4 Å². The van der Waals surface area contributed by atoms with E-state index >= 15 is 0 Å². The van der Waals surface area contributed by atoms with Crippen molar-refractivity contribution in [2.24, 2.45) is 0 Å². The molecule has 1 atom stereocenters. The molecule has 0 saturated heterocycles. The van der Waals surface area contributed by atoms with Gasteiger partial charge in [0.05, 0.1) is 12.1 Å². The second kappa shape index (κ2) is 6.41. The van der Waals surface area contributed by atoms with Gasteiger partial charge in [-0.3, -0.25) is 9.59 Å². The first-order chi connectivity index (χ1) is 9.19. The molecule has 0 aromatic carbocycles. The molecule has 2 rings (SSSR count). The lowest BCUT2D eigenvalue weighted by atomic mass is 10.1. The van der Waals surface area contributed by atoms with Crippen molar-refractivity contribution in [3.63, 3.8) is 0 Å². The number of ketones is 1. The average molecular weight is 264 g/mol. The Morgan fingerprint density at radius 1 is 1.53 bits per heavy atom. The van der Waals surface area contributed by atoms with E-state index in [2.05, 4.69) is 17.6 Å². The number of allylic oxidation sites excluding steroid dienone is 3. The number of ether oxygens (including phenoxy) is 1. The van der Waals surface area contributed by atoms with Crippen LogP contribution in [0.4, 0.5) is 0 Å². The zero-order valence-corrected chi connectivity index (χ0v) is 11.2. The van der Waals surface area contributed by atoms with Gasteiger partial charge in [-0.2, -0.15) is 0 Å². The van der Waals surface area contributed by atoms with Crippen molar-refractivity contribution in [1.29, 1.82) is 0 Å². The fourth-order valence-corrected chi connectivity index (χ4v) is 2.09. The van der Waals surface area contributed by atoms with E-state index in [1.54, 1.807) is 12.2 Å². The molecule has 1 amide bonds. The first kappa shape index (κ1) is 13.6. The number of carbonyl (C=O) groups is 2. The summed E-state index contributed by atoms with van der Waals surface area (Å²) in [6.45, 7) is 2.65. The van der Waals surface area contributed by atoms with Crippen LogP contribution in [0.3, 0.4) is 0 Å². The van der Waals surface area contributed by atoms with Gasteiger partial charge in [-0.15, -0.1) is 0 Å². The van der Waals surface area contributed by atoms with Crippen LogP contribution in [-0.2, 0) is 14.3 Å². The maximum Gasteiger partial charge on any atom is 0.219 e. The number of hydrogen-bond donors (Lipinski definition) is 2. The molecule has 1 heterocycles. The summed E-state index contributed by atoms with van der Waals surface area (Å²) >= 11 is 0. The number of amides is 1. The zero-order valence-electron chi connectivity index (χ0n) is 11.2. The van der Waals surface area contributed by atoms with E-state index in [1.165, 1.54) is 0 Å². The van der Waals surface area contributed by atoms with Crippen molar-refractivity contribution in [1.82, 2.24) is 10.6 Å². The van der Waals surface area contributed by atoms with Crippen molar-refractivity contribution < 1.29 is 14.3 Å². The van der Waals surface area contributed by atoms with E-state index in [-0.39, 0.29) is 17.9 Å². The van der Waals surface area contributed by atoms with Gasteiger partial charge in [0, 0.05) is 19.4 Å². The predicted molar refractivity (Wildman–Crippen MR) is 71.0 cm³/mol. The molecule has 0 bridgehead atoms. The Morgan fingerprint density at radius 3 is 3.16 bits per heavy atom. The smallest absolute Gasteiger partial charge is 0.219 e. The lowest BCUT2D eigenvalue weighted by Crippen LogP contribution is -2.31. The summed E-state index contributed by atoms with van der Waals surface area (Å²) in [6, 6.07) is 0. The Bertz CT molecular complexity index is 426. The first-order valence-electron chi connectivity index (χ1n) is 6.83. The van der Waals surface area contributed by atoms with E-state index in [1.807, 2.05) is 0 Å². The van der Waals surface area contributed by atoms with Crippen LogP contribution in [0.1, 0.15) is 39.0 Å². The summed E-state index contributed by atoms with van der Waals surface area (Å²) in [4.78, 5) is 22.7. The van der Waals surface area contributed by atoms with Gasteiger partial charge >= 0.3 is 0 Å². The molecule has 5 nitrogen and oxygen atoms in total. The summed E-state index contributed by atoms with van der Waals surface area (Å²) in [7, 11) is 0. The molecule has 1 aliphatic carbocycles. The van der Waals surface area contributed by atoms with Crippen molar-refractivity contribution in [2.75, 3.05) is 6.54 Å². The lowest BCUT2D eigenvalue weighted by molar-refractivity contribution is -0.121. The predicted octanol–water partition coefficient (Wildman–Crippen LogP) is 1.37. The molecule has 0 radical (unpaired) electrons. The first-order valence-corrected chi connectivity index (χ1v) is 6.83. The third-order valence-electron chi connectivity index (χ3n) is 3.16. The molecule has 1 unspecified atom stereocenters. The zero-order chi connectivity index (χ0) is 13.7. The van der Waals surface area contributed by atoms with Crippen molar-refractivity contribution in [3.8, 4) is 0 Å². The van der Waals surface area contributed by atoms with Crippen LogP contribution in [0.25, 0.3) is 0 Å². The normalized spacial score (nSPS) is 20.9. The fraction of sp³-hybridized carbons (Fsp3) is 0.571. The minimum atomic E-state index is -0.146. The molecular formula is C14H20N2O3. The quantitative estimate of drug-likeness (QED) is 0.760. The Balaban J connectivity index is 1.66.